The number of aliphatic hydroxyl groups is 1. The van der Waals surface area contributed by atoms with E-state index in [2.05, 4.69) is 16.4 Å². The van der Waals surface area contributed by atoms with Crippen LogP contribution in [0.15, 0.2) is 48.5 Å². The second-order valence-electron chi connectivity index (χ2n) is 7.04. The molecule has 129 valence electrons. The summed E-state index contributed by atoms with van der Waals surface area (Å²) in [6.07, 6.45) is 0. The third-order valence-corrected chi connectivity index (χ3v) is 5.37. The van der Waals surface area contributed by atoms with Crippen LogP contribution >= 0.6 is 11.3 Å². The number of benzene rings is 2. The van der Waals surface area contributed by atoms with Crippen molar-refractivity contribution in [2.24, 2.45) is 0 Å². The van der Waals surface area contributed by atoms with Gasteiger partial charge in [0.1, 0.15) is 0 Å². The Morgan fingerprint density at radius 3 is 2.36 bits per heavy atom. The molecule has 3 rings (SSSR count). The Morgan fingerprint density at radius 2 is 1.72 bits per heavy atom. The molecule has 25 heavy (non-hydrogen) atoms. The highest BCUT2D eigenvalue weighted by molar-refractivity contribution is 7.22. The lowest BCUT2D eigenvalue weighted by Crippen LogP contribution is -2.49. The van der Waals surface area contributed by atoms with Gasteiger partial charge in [0.05, 0.1) is 21.4 Å². The highest BCUT2D eigenvalue weighted by atomic mass is 32.1. The van der Waals surface area contributed by atoms with Crippen LogP contribution in [-0.2, 0) is 4.65 Å². The predicted octanol–water partition coefficient (Wildman–Crippen LogP) is 3.85. The zero-order valence-electron chi connectivity index (χ0n) is 14.9. The monoisotopic (exact) mass is 353 g/mol. The van der Waals surface area contributed by atoms with Gasteiger partial charge in [0.15, 0.2) is 5.13 Å². The predicted molar refractivity (Wildman–Crippen MR) is 106 cm³/mol. The second kappa shape index (κ2) is 6.79. The Balaban J connectivity index is 1.64. The number of thiazole rings is 1. The summed E-state index contributed by atoms with van der Waals surface area (Å²) in [5, 5.41) is 14.3. The van der Waals surface area contributed by atoms with Gasteiger partial charge in [-0.2, -0.15) is 0 Å². The number of para-hydroxylation sites is 1. The summed E-state index contributed by atoms with van der Waals surface area (Å²) in [4.78, 5) is 4.57. The maximum atomic E-state index is 10.1. The fourth-order valence-corrected chi connectivity index (χ4v) is 2.94. The Bertz CT molecular complexity index is 821. The SMILES string of the molecule is CC(C)(O)C(C)(C)O[B]c1ccc(Nc2nc3ccccc3s2)cc1. The van der Waals surface area contributed by atoms with Crippen molar-refractivity contribution in [3.05, 3.63) is 48.5 Å². The Kier molecular flexibility index (Phi) is 4.87. The van der Waals surface area contributed by atoms with E-state index < -0.39 is 11.2 Å². The van der Waals surface area contributed by atoms with Crippen LogP contribution in [0, 0.1) is 0 Å². The molecule has 0 unspecified atom stereocenters. The number of nitrogens with zero attached hydrogens (tertiary/aromatic N) is 1. The number of nitrogens with one attached hydrogen (secondary N) is 1. The molecule has 2 aromatic carbocycles. The van der Waals surface area contributed by atoms with E-state index in [0.29, 0.717) is 0 Å². The molecule has 1 heterocycles. The lowest BCUT2D eigenvalue weighted by molar-refractivity contribution is -0.0893. The van der Waals surface area contributed by atoms with Gasteiger partial charge in [0, 0.05) is 5.69 Å². The molecule has 0 atom stereocenters. The minimum atomic E-state index is -0.933. The van der Waals surface area contributed by atoms with Gasteiger partial charge in [-0.15, -0.1) is 0 Å². The van der Waals surface area contributed by atoms with Crippen LogP contribution in [-0.4, -0.2) is 28.8 Å². The van der Waals surface area contributed by atoms with E-state index in [4.69, 9.17) is 4.65 Å². The van der Waals surface area contributed by atoms with Crippen molar-refractivity contribution in [3.63, 3.8) is 0 Å². The number of rotatable bonds is 6. The van der Waals surface area contributed by atoms with Crippen molar-refractivity contribution in [1.82, 2.24) is 4.98 Å². The molecule has 0 fully saturated rings. The average Bonchev–Trinajstić information content (AvgIpc) is 2.95. The summed E-state index contributed by atoms with van der Waals surface area (Å²) < 4.78 is 6.94. The molecule has 4 nitrogen and oxygen atoms in total. The van der Waals surface area contributed by atoms with Gasteiger partial charge in [0.2, 0.25) is 0 Å². The topological polar surface area (TPSA) is 54.4 Å². The van der Waals surface area contributed by atoms with Gasteiger partial charge >= 0.3 is 7.48 Å². The van der Waals surface area contributed by atoms with Crippen LogP contribution in [0.4, 0.5) is 10.8 Å². The Labute approximate surface area is 153 Å². The first-order valence-electron chi connectivity index (χ1n) is 8.21. The molecule has 0 bridgehead atoms. The third-order valence-electron chi connectivity index (χ3n) is 4.42. The third kappa shape index (κ3) is 4.21. The molecule has 2 N–H and O–H groups in total. The van der Waals surface area contributed by atoms with E-state index in [0.717, 1.165) is 26.5 Å². The summed E-state index contributed by atoms with van der Waals surface area (Å²) >= 11 is 1.63. The average molecular weight is 353 g/mol. The maximum absolute atomic E-state index is 10.1. The van der Waals surface area contributed by atoms with Crippen LogP contribution in [0.3, 0.4) is 0 Å². The molecule has 3 aromatic rings. The molecule has 0 aliphatic rings. The van der Waals surface area contributed by atoms with Gasteiger partial charge < -0.3 is 15.1 Å². The van der Waals surface area contributed by atoms with Gasteiger partial charge in [-0.05, 0) is 52.0 Å². The molecule has 0 saturated heterocycles. The largest absolute Gasteiger partial charge is 0.427 e. The lowest BCUT2D eigenvalue weighted by atomic mass is 9.82. The Hall–Kier alpha value is -1.89. The molecule has 0 aliphatic carbocycles. The summed E-state index contributed by atoms with van der Waals surface area (Å²) in [6.45, 7) is 7.22. The summed E-state index contributed by atoms with van der Waals surface area (Å²) in [6, 6.07) is 16.0. The number of aromatic nitrogens is 1. The molecule has 1 aromatic heterocycles. The van der Waals surface area contributed by atoms with Crippen molar-refractivity contribution >= 4 is 45.3 Å². The Morgan fingerprint density at radius 1 is 1.04 bits per heavy atom. The normalized spacial score (nSPS) is 12.4. The molecule has 0 spiro atoms. The first-order valence-corrected chi connectivity index (χ1v) is 9.02. The second-order valence-corrected chi connectivity index (χ2v) is 8.07. The quantitative estimate of drug-likeness (QED) is 0.661. The minimum absolute atomic E-state index is 0.676. The lowest BCUT2D eigenvalue weighted by Gasteiger charge is -2.37. The number of hydrogen-bond donors (Lipinski definition) is 2. The molecule has 0 amide bonds. The van der Waals surface area contributed by atoms with Gasteiger partial charge in [0.25, 0.3) is 0 Å². The molecule has 0 saturated carbocycles. The number of hydrogen-bond acceptors (Lipinski definition) is 5. The zero-order chi connectivity index (χ0) is 18.1. The van der Waals surface area contributed by atoms with Crippen LogP contribution in [0.5, 0.6) is 0 Å². The first kappa shape index (κ1) is 17.9. The van der Waals surface area contributed by atoms with E-state index >= 15 is 0 Å². The molecule has 0 aliphatic heterocycles. The summed E-state index contributed by atoms with van der Waals surface area (Å²) in [5.74, 6) is 0. The molecule has 1 radical (unpaired) electrons. The van der Waals surface area contributed by atoms with E-state index in [-0.39, 0.29) is 0 Å². The zero-order valence-corrected chi connectivity index (χ0v) is 15.7. The van der Waals surface area contributed by atoms with E-state index in [1.807, 2.05) is 56.3 Å². The molecular weight excluding hydrogens is 331 g/mol. The van der Waals surface area contributed by atoms with Crippen molar-refractivity contribution in [3.8, 4) is 0 Å². The van der Waals surface area contributed by atoms with Crippen molar-refractivity contribution < 1.29 is 9.76 Å². The van der Waals surface area contributed by atoms with Crippen LogP contribution in [0.1, 0.15) is 27.7 Å². The van der Waals surface area contributed by atoms with Gasteiger partial charge in [-0.3, -0.25) is 0 Å². The van der Waals surface area contributed by atoms with Gasteiger partial charge in [-0.25, -0.2) is 4.98 Å². The van der Waals surface area contributed by atoms with E-state index in [9.17, 15) is 5.11 Å². The van der Waals surface area contributed by atoms with Crippen LogP contribution < -0.4 is 10.8 Å². The van der Waals surface area contributed by atoms with Crippen LogP contribution in [0.25, 0.3) is 10.2 Å². The van der Waals surface area contributed by atoms with Crippen molar-refractivity contribution in [1.29, 1.82) is 0 Å². The summed E-state index contributed by atoms with van der Waals surface area (Å²) in [5.41, 5.74) is 1.30. The van der Waals surface area contributed by atoms with Gasteiger partial charge in [-0.1, -0.05) is 41.1 Å². The smallest absolute Gasteiger partial charge is 0.330 e. The fourth-order valence-electron chi connectivity index (χ4n) is 2.05. The highest BCUT2D eigenvalue weighted by Gasteiger charge is 2.35. The number of fused-ring (bicyclic) bond motifs is 1. The first-order chi connectivity index (χ1) is 11.7. The summed E-state index contributed by atoms with van der Waals surface area (Å²) in [7, 11) is 1.68. The number of anilines is 2. The van der Waals surface area contributed by atoms with Crippen molar-refractivity contribution in [2.45, 2.75) is 38.9 Å². The molecular formula is C19H22BN2O2S. The van der Waals surface area contributed by atoms with Crippen molar-refractivity contribution in [2.75, 3.05) is 5.32 Å². The molecule has 6 heteroatoms. The maximum Gasteiger partial charge on any atom is 0.330 e. The minimum Gasteiger partial charge on any atom is -0.427 e. The highest BCUT2D eigenvalue weighted by Crippen LogP contribution is 2.28. The standard InChI is InChI=1S/C19H22BN2O2S/c1-18(2,23)19(3,4)24-20-13-9-11-14(12-10-13)21-17-22-15-7-5-6-8-16(15)25-17/h5-12,23H,1-4H3,(H,21,22). The van der Waals surface area contributed by atoms with E-state index in [1.54, 1.807) is 32.7 Å². The van der Waals surface area contributed by atoms with E-state index in [1.165, 1.54) is 0 Å². The fraction of sp³-hybridized carbons (Fsp3) is 0.316. The van der Waals surface area contributed by atoms with Crippen LogP contribution in [0.2, 0.25) is 0 Å².